The number of anilines is 1. The molecule has 0 saturated carbocycles. The van der Waals surface area contributed by atoms with Crippen LogP contribution in [0.4, 0.5) is 5.69 Å². The number of carbonyl (C=O) groups is 1. The van der Waals surface area contributed by atoms with Crippen molar-refractivity contribution in [3.63, 3.8) is 0 Å². The first kappa shape index (κ1) is 15.5. The van der Waals surface area contributed by atoms with Gasteiger partial charge >= 0.3 is 6.01 Å². The summed E-state index contributed by atoms with van der Waals surface area (Å²) in [5, 5.41) is 2.94. The molecule has 1 aliphatic rings. The van der Waals surface area contributed by atoms with Gasteiger partial charge in [0.05, 0.1) is 17.1 Å². The molecule has 2 rings (SSSR count). The number of hydrogen-bond acceptors (Lipinski definition) is 6. The van der Waals surface area contributed by atoms with Gasteiger partial charge in [0.25, 0.3) is 0 Å². The average molecular weight is 293 g/mol. The van der Waals surface area contributed by atoms with Gasteiger partial charge in [0, 0.05) is 25.9 Å². The van der Waals surface area contributed by atoms with Crippen molar-refractivity contribution < 1.29 is 9.53 Å². The van der Waals surface area contributed by atoms with E-state index in [1.807, 2.05) is 20.9 Å². The number of nitrogens with zero attached hydrogens (tertiary/aromatic N) is 3. The van der Waals surface area contributed by atoms with E-state index in [0.29, 0.717) is 18.1 Å². The smallest absolute Gasteiger partial charge is 0.318 e. The first-order valence-electron chi connectivity index (χ1n) is 7.11. The van der Waals surface area contributed by atoms with Crippen LogP contribution in [0.3, 0.4) is 0 Å². The molecule has 2 atom stereocenters. The summed E-state index contributed by atoms with van der Waals surface area (Å²) in [6, 6.07) is 0.458. The van der Waals surface area contributed by atoms with Crippen LogP contribution in [0.1, 0.15) is 31.2 Å². The number of nitrogens with one attached hydrogen (secondary N) is 1. The molecule has 2 unspecified atom stereocenters. The Kier molecular flexibility index (Phi) is 4.62. The second-order valence-corrected chi connectivity index (χ2v) is 5.57. The van der Waals surface area contributed by atoms with Crippen LogP contribution < -0.4 is 15.8 Å². The molecule has 1 saturated heterocycles. The van der Waals surface area contributed by atoms with E-state index in [4.69, 9.17) is 10.5 Å². The van der Waals surface area contributed by atoms with Gasteiger partial charge in [-0.25, -0.2) is 0 Å². The van der Waals surface area contributed by atoms with Crippen LogP contribution >= 0.6 is 0 Å². The van der Waals surface area contributed by atoms with Crippen LogP contribution in [0.15, 0.2) is 0 Å². The molecule has 0 spiro atoms. The van der Waals surface area contributed by atoms with E-state index >= 15 is 0 Å². The Morgan fingerprint density at radius 2 is 2.00 bits per heavy atom. The Balaban J connectivity index is 2.08. The Hall–Kier alpha value is -1.89. The second kappa shape index (κ2) is 6.26. The highest BCUT2D eigenvalue weighted by atomic mass is 16.5. The van der Waals surface area contributed by atoms with E-state index in [0.717, 1.165) is 24.4 Å². The first-order chi connectivity index (χ1) is 9.86. The highest BCUT2D eigenvalue weighted by molar-refractivity contribution is 5.73. The Morgan fingerprint density at radius 1 is 1.38 bits per heavy atom. The maximum absolute atomic E-state index is 11.2. The van der Waals surface area contributed by atoms with E-state index < -0.39 is 0 Å². The summed E-state index contributed by atoms with van der Waals surface area (Å²) in [6.07, 6.45) is 1.47. The molecule has 21 heavy (non-hydrogen) atoms. The van der Waals surface area contributed by atoms with Crippen LogP contribution in [0.2, 0.25) is 0 Å². The molecule has 7 heteroatoms. The van der Waals surface area contributed by atoms with Crippen molar-refractivity contribution in [1.29, 1.82) is 0 Å². The van der Waals surface area contributed by atoms with Gasteiger partial charge in [0.2, 0.25) is 5.91 Å². The van der Waals surface area contributed by atoms with Crippen molar-refractivity contribution >= 4 is 11.6 Å². The zero-order valence-corrected chi connectivity index (χ0v) is 13.0. The third-order valence-electron chi connectivity index (χ3n) is 3.76. The lowest BCUT2D eigenvalue weighted by molar-refractivity contribution is -0.120. The SMILES string of the molecule is CC(=O)NC1CCN(C)C(Oc2nc(C)c(N)c(C)n2)C1. The zero-order valence-electron chi connectivity index (χ0n) is 13.0. The lowest BCUT2D eigenvalue weighted by atomic mass is 10.0. The molecule has 2 heterocycles. The number of nitrogen functional groups attached to an aromatic ring is 1. The van der Waals surface area contributed by atoms with Gasteiger partial charge in [-0.05, 0) is 27.3 Å². The fourth-order valence-electron chi connectivity index (χ4n) is 2.47. The quantitative estimate of drug-likeness (QED) is 0.848. The van der Waals surface area contributed by atoms with E-state index in [1.54, 1.807) is 0 Å². The van der Waals surface area contributed by atoms with Gasteiger partial charge < -0.3 is 15.8 Å². The number of amides is 1. The number of aromatic nitrogens is 2. The van der Waals surface area contributed by atoms with Crippen LogP contribution in [0.25, 0.3) is 0 Å². The molecule has 1 aromatic rings. The molecule has 0 radical (unpaired) electrons. The molecule has 116 valence electrons. The summed E-state index contributed by atoms with van der Waals surface area (Å²) in [4.78, 5) is 21.8. The summed E-state index contributed by atoms with van der Waals surface area (Å²) in [5.74, 6) is -0.0151. The number of piperidine rings is 1. The van der Waals surface area contributed by atoms with E-state index in [1.165, 1.54) is 6.92 Å². The molecule has 0 aromatic carbocycles. The standard InChI is InChI=1S/C14H23N5O2/c1-8-13(15)9(2)17-14(16-8)21-12-7-11(18-10(3)20)5-6-19(12)4/h11-12H,5-7,15H2,1-4H3,(H,18,20). The third-order valence-corrected chi connectivity index (χ3v) is 3.76. The molecule has 3 N–H and O–H groups in total. The molecular formula is C14H23N5O2. The second-order valence-electron chi connectivity index (χ2n) is 5.57. The van der Waals surface area contributed by atoms with Crippen LogP contribution in [-0.2, 0) is 4.79 Å². The zero-order chi connectivity index (χ0) is 15.6. The fourth-order valence-corrected chi connectivity index (χ4v) is 2.47. The Labute approximate surface area is 124 Å². The predicted molar refractivity (Wildman–Crippen MR) is 79.8 cm³/mol. The lowest BCUT2D eigenvalue weighted by Gasteiger charge is -2.36. The van der Waals surface area contributed by atoms with Crippen LogP contribution in [0.5, 0.6) is 6.01 Å². The maximum atomic E-state index is 11.2. The maximum Gasteiger partial charge on any atom is 0.318 e. The van der Waals surface area contributed by atoms with Crippen molar-refractivity contribution in [3.8, 4) is 6.01 Å². The van der Waals surface area contributed by atoms with Gasteiger partial charge in [-0.1, -0.05) is 0 Å². The van der Waals surface area contributed by atoms with Crippen molar-refractivity contribution in [3.05, 3.63) is 11.4 Å². The Morgan fingerprint density at radius 3 is 2.57 bits per heavy atom. The van der Waals surface area contributed by atoms with Crippen molar-refractivity contribution in [2.45, 2.75) is 45.9 Å². The van der Waals surface area contributed by atoms with Gasteiger partial charge in [-0.15, -0.1) is 0 Å². The molecule has 7 nitrogen and oxygen atoms in total. The minimum Gasteiger partial charge on any atom is -0.444 e. The number of nitrogens with two attached hydrogens (primary N) is 1. The average Bonchev–Trinajstić information content (AvgIpc) is 2.39. The van der Waals surface area contributed by atoms with Crippen LogP contribution in [-0.4, -0.2) is 46.6 Å². The largest absolute Gasteiger partial charge is 0.444 e. The third kappa shape index (κ3) is 3.81. The lowest BCUT2D eigenvalue weighted by Crippen LogP contribution is -2.50. The number of likely N-dealkylation sites (tertiary alicyclic amines) is 1. The number of aryl methyl sites for hydroxylation is 2. The Bertz CT molecular complexity index is 511. The highest BCUT2D eigenvalue weighted by Gasteiger charge is 2.28. The fraction of sp³-hybridized carbons (Fsp3) is 0.643. The van der Waals surface area contributed by atoms with Gasteiger partial charge in [-0.2, -0.15) is 9.97 Å². The molecule has 1 aromatic heterocycles. The van der Waals surface area contributed by atoms with E-state index in [-0.39, 0.29) is 18.2 Å². The van der Waals surface area contributed by atoms with E-state index in [2.05, 4.69) is 20.2 Å². The molecule has 0 aliphatic carbocycles. The molecule has 1 amide bonds. The minimum absolute atomic E-state index is 0.0151. The van der Waals surface area contributed by atoms with Gasteiger partial charge in [0.15, 0.2) is 6.23 Å². The number of carbonyl (C=O) groups excluding carboxylic acids is 1. The van der Waals surface area contributed by atoms with Gasteiger partial charge in [-0.3, -0.25) is 9.69 Å². The summed E-state index contributed by atoms with van der Waals surface area (Å²) >= 11 is 0. The summed E-state index contributed by atoms with van der Waals surface area (Å²) in [7, 11) is 1.99. The summed E-state index contributed by atoms with van der Waals surface area (Å²) < 4.78 is 5.89. The predicted octanol–water partition coefficient (Wildman–Crippen LogP) is 0.611. The molecule has 0 bridgehead atoms. The molecular weight excluding hydrogens is 270 g/mol. The van der Waals surface area contributed by atoms with Crippen LogP contribution in [0, 0.1) is 13.8 Å². The summed E-state index contributed by atoms with van der Waals surface area (Å²) in [5.41, 5.74) is 7.88. The topological polar surface area (TPSA) is 93.4 Å². The molecule has 1 fully saturated rings. The monoisotopic (exact) mass is 293 g/mol. The number of hydrogen-bond donors (Lipinski definition) is 2. The van der Waals surface area contributed by atoms with Crippen molar-refractivity contribution in [2.24, 2.45) is 0 Å². The highest BCUT2D eigenvalue weighted by Crippen LogP contribution is 2.21. The normalized spacial score (nSPS) is 22.9. The number of rotatable bonds is 3. The van der Waals surface area contributed by atoms with Gasteiger partial charge in [0.1, 0.15) is 0 Å². The number of ether oxygens (including phenoxy) is 1. The first-order valence-corrected chi connectivity index (χ1v) is 7.11. The van der Waals surface area contributed by atoms with E-state index in [9.17, 15) is 4.79 Å². The minimum atomic E-state index is -0.155. The van der Waals surface area contributed by atoms with Crippen molar-refractivity contribution in [1.82, 2.24) is 20.2 Å². The van der Waals surface area contributed by atoms with Crippen molar-refractivity contribution in [2.75, 3.05) is 19.3 Å². The molecule has 1 aliphatic heterocycles. The summed E-state index contributed by atoms with van der Waals surface area (Å²) in [6.45, 7) is 6.05.